The number of benzene rings is 2. The lowest BCUT2D eigenvalue weighted by Crippen LogP contribution is -2.43. The number of alkyl halides is 3. The number of guanidine groups is 1. The largest absolute Gasteiger partial charge is 0.405 e. The number of hydrogen-bond donors (Lipinski definition) is 4. The molecule has 0 fully saturated rings. The molecular weight excluding hydrogens is 399 g/mol. The van der Waals surface area contributed by atoms with Gasteiger partial charge in [0.25, 0.3) is 11.8 Å². The zero-order valence-corrected chi connectivity index (χ0v) is 15.8. The summed E-state index contributed by atoms with van der Waals surface area (Å²) >= 11 is 0. The van der Waals surface area contributed by atoms with Crippen molar-refractivity contribution in [2.24, 2.45) is 4.99 Å². The van der Waals surface area contributed by atoms with Crippen molar-refractivity contribution in [3.8, 4) is 0 Å². The number of rotatable bonds is 5. The molecule has 3 rings (SSSR count). The van der Waals surface area contributed by atoms with Gasteiger partial charge in [0, 0.05) is 35.6 Å². The van der Waals surface area contributed by atoms with Crippen LogP contribution in [0.25, 0.3) is 0 Å². The van der Waals surface area contributed by atoms with E-state index in [4.69, 9.17) is 0 Å². The number of carbonyl (C=O) groups is 2. The van der Waals surface area contributed by atoms with Gasteiger partial charge < -0.3 is 16.0 Å². The highest BCUT2D eigenvalue weighted by molar-refractivity contribution is 6.06. The van der Waals surface area contributed by atoms with Crippen molar-refractivity contribution >= 4 is 29.1 Å². The van der Waals surface area contributed by atoms with E-state index in [-0.39, 0.29) is 11.5 Å². The number of aliphatic imine (C=N–C) groups is 1. The SMILES string of the molecule is O=C(NCC(F)(F)F)c1cccc(Nc2ccc(C(=O)NC3=NCCCN3)cc2)c1. The number of hydrogen-bond acceptors (Lipinski definition) is 5. The zero-order chi connectivity index (χ0) is 21.6. The fraction of sp³-hybridized carbons (Fsp3) is 0.250. The van der Waals surface area contributed by atoms with Crippen molar-refractivity contribution in [2.75, 3.05) is 25.0 Å². The van der Waals surface area contributed by atoms with E-state index in [0.717, 1.165) is 13.0 Å². The number of nitrogens with zero attached hydrogens (tertiary/aromatic N) is 1. The molecule has 4 N–H and O–H groups in total. The molecule has 0 unspecified atom stereocenters. The van der Waals surface area contributed by atoms with Crippen LogP contribution in [0.15, 0.2) is 53.5 Å². The van der Waals surface area contributed by atoms with Crippen LogP contribution in [0.2, 0.25) is 0 Å². The van der Waals surface area contributed by atoms with E-state index < -0.39 is 18.6 Å². The van der Waals surface area contributed by atoms with E-state index in [1.54, 1.807) is 36.4 Å². The van der Waals surface area contributed by atoms with Crippen molar-refractivity contribution < 1.29 is 22.8 Å². The Morgan fingerprint density at radius 2 is 1.77 bits per heavy atom. The summed E-state index contributed by atoms with van der Waals surface area (Å²) in [6.45, 7) is 0.0307. The predicted molar refractivity (Wildman–Crippen MR) is 107 cm³/mol. The Hall–Kier alpha value is -3.56. The molecule has 30 heavy (non-hydrogen) atoms. The van der Waals surface area contributed by atoms with Crippen molar-refractivity contribution in [1.29, 1.82) is 0 Å². The minimum Gasteiger partial charge on any atom is -0.356 e. The fourth-order valence-electron chi connectivity index (χ4n) is 2.69. The molecule has 2 amide bonds. The maximum Gasteiger partial charge on any atom is 0.405 e. The highest BCUT2D eigenvalue weighted by Crippen LogP contribution is 2.19. The Kier molecular flexibility index (Phi) is 6.55. The second-order valence-electron chi connectivity index (χ2n) is 6.55. The van der Waals surface area contributed by atoms with Crippen molar-refractivity contribution in [1.82, 2.24) is 16.0 Å². The summed E-state index contributed by atoms with van der Waals surface area (Å²) in [5.41, 5.74) is 1.71. The summed E-state index contributed by atoms with van der Waals surface area (Å²) in [5.74, 6) is -0.658. The van der Waals surface area contributed by atoms with E-state index in [1.165, 1.54) is 12.1 Å². The van der Waals surface area contributed by atoms with Gasteiger partial charge in [-0.15, -0.1) is 0 Å². The molecule has 2 aromatic rings. The maximum absolute atomic E-state index is 12.3. The summed E-state index contributed by atoms with van der Waals surface area (Å²) in [6, 6.07) is 12.7. The number of anilines is 2. The topological polar surface area (TPSA) is 94.6 Å². The number of halogens is 3. The monoisotopic (exact) mass is 419 g/mol. The molecule has 10 heteroatoms. The predicted octanol–water partition coefficient (Wildman–Crippen LogP) is 2.80. The first-order chi connectivity index (χ1) is 14.3. The smallest absolute Gasteiger partial charge is 0.356 e. The second-order valence-corrected chi connectivity index (χ2v) is 6.55. The lowest BCUT2D eigenvalue weighted by Gasteiger charge is -2.15. The van der Waals surface area contributed by atoms with Gasteiger partial charge in [0.2, 0.25) is 0 Å². The molecule has 0 atom stereocenters. The van der Waals surface area contributed by atoms with Crippen LogP contribution in [0.4, 0.5) is 24.5 Å². The molecule has 1 aliphatic heterocycles. The van der Waals surface area contributed by atoms with Crippen LogP contribution >= 0.6 is 0 Å². The van der Waals surface area contributed by atoms with Crippen molar-refractivity contribution in [3.63, 3.8) is 0 Å². The minimum absolute atomic E-state index is 0.0982. The highest BCUT2D eigenvalue weighted by Gasteiger charge is 2.27. The molecule has 0 spiro atoms. The summed E-state index contributed by atoms with van der Waals surface area (Å²) in [7, 11) is 0. The van der Waals surface area contributed by atoms with E-state index in [9.17, 15) is 22.8 Å². The summed E-state index contributed by atoms with van der Waals surface area (Å²) < 4.78 is 36.8. The van der Waals surface area contributed by atoms with Crippen LogP contribution in [0.5, 0.6) is 0 Å². The second kappa shape index (κ2) is 9.29. The number of amides is 2. The van der Waals surface area contributed by atoms with Crippen molar-refractivity contribution in [2.45, 2.75) is 12.6 Å². The van der Waals surface area contributed by atoms with Crippen LogP contribution in [-0.4, -0.2) is 43.6 Å². The van der Waals surface area contributed by atoms with E-state index >= 15 is 0 Å². The molecule has 158 valence electrons. The number of carbonyl (C=O) groups excluding carboxylic acids is 2. The molecule has 1 heterocycles. The quantitative estimate of drug-likeness (QED) is 0.600. The van der Waals surface area contributed by atoms with Gasteiger partial charge in [0.05, 0.1) is 0 Å². The minimum atomic E-state index is -4.47. The van der Waals surface area contributed by atoms with Crippen LogP contribution in [0.3, 0.4) is 0 Å². The van der Waals surface area contributed by atoms with Gasteiger partial charge in [-0.25, -0.2) is 0 Å². The first-order valence-corrected chi connectivity index (χ1v) is 9.22. The Morgan fingerprint density at radius 3 is 2.43 bits per heavy atom. The van der Waals surface area contributed by atoms with E-state index in [1.807, 2.05) is 5.32 Å². The molecule has 1 aliphatic rings. The third-order valence-corrected chi connectivity index (χ3v) is 4.14. The Labute approximate surface area is 170 Å². The third kappa shape index (κ3) is 6.23. The van der Waals surface area contributed by atoms with Crippen LogP contribution in [-0.2, 0) is 0 Å². The van der Waals surface area contributed by atoms with Gasteiger partial charge in [0.1, 0.15) is 6.54 Å². The highest BCUT2D eigenvalue weighted by atomic mass is 19.4. The molecule has 7 nitrogen and oxygen atoms in total. The first-order valence-electron chi connectivity index (χ1n) is 9.22. The summed E-state index contributed by atoms with van der Waals surface area (Å²) in [5, 5.41) is 10.6. The summed E-state index contributed by atoms with van der Waals surface area (Å²) in [6.07, 6.45) is -3.55. The molecule has 2 aromatic carbocycles. The Balaban J connectivity index is 1.60. The van der Waals surface area contributed by atoms with E-state index in [2.05, 4.69) is 20.9 Å². The number of nitrogens with one attached hydrogen (secondary N) is 4. The maximum atomic E-state index is 12.3. The van der Waals surface area contributed by atoms with Crippen LogP contribution in [0.1, 0.15) is 27.1 Å². The molecule has 0 radical (unpaired) electrons. The Bertz CT molecular complexity index is 942. The molecule has 0 bridgehead atoms. The normalized spacial score (nSPS) is 13.6. The van der Waals surface area contributed by atoms with E-state index in [0.29, 0.717) is 29.4 Å². The van der Waals surface area contributed by atoms with Gasteiger partial charge >= 0.3 is 6.18 Å². The fourth-order valence-corrected chi connectivity index (χ4v) is 2.69. The van der Waals surface area contributed by atoms with Crippen LogP contribution in [0, 0.1) is 0 Å². The molecule has 0 saturated heterocycles. The van der Waals surface area contributed by atoms with Gasteiger partial charge in [-0.1, -0.05) is 6.07 Å². The lowest BCUT2D eigenvalue weighted by atomic mass is 10.1. The molecule has 0 saturated carbocycles. The van der Waals surface area contributed by atoms with Gasteiger partial charge in [-0.05, 0) is 48.9 Å². The average molecular weight is 419 g/mol. The first kappa shape index (κ1) is 21.2. The standard InChI is InChI=1S/C20H20F3N5O2/c21-20(22,23)12-26-17(29)14-3-1-4-16(11-14)27-15-7-5-13(6-8-15)18(30)28-19-24-9-2-10-25-19/h1,3-8,11,27H,2,9-10,12H2,(H,26,29)(H2,24,25,28,30). The molecule has 0 aromatic heterocycles. The third-order valence-electron chi connectivity index (χ3n) is 4.14. The average Bonchev–Trinajstić information content (AvgIpc) is 2.73. The van der Waals surface area contributed by atoms with Gasteiger partial charge in [0.15, 0.2) is 5.96 Å². The van der Waals surface area contributed by atoms with Crippen LogP contribution < -0.4 is 21.3 Å². The van der Waals surface area contributed by atoms with Gasteiger partial charge in [-0.3, -0.25) is 19.9 Å². The summed E-state index contributed by atoms with van der Waals surface area (Å²) in [4.78, 5) is 28.3. The Morgan fingerprint density at radius 1 is 1.00 bits per heavy atom. The van der Waals surface area contributed by atoms with Gasteiger partial charge in [-0.2, -0.15) is 13.2 Å². The molecule has 0 aliphatic carbocycles. The molecular formula is C20H20F3N5O2. The zero-order valence-electron chi connectivity index (χ0n) is 15.8. The lowest BCUT2D eigenvalue weighted by molar-refractivity contribution is -0.123. The van der Waals surface area contributed by atoms with Crippen molar-refractivity contribution in [3.05, 3.63) is 59.7 Å².